The summed E-state index contributed by atoms with van der Waals surface area (Å²) in [6.45, 7) is 9.67. The quantitative estimate of drug-likeness (QED) is 0.249. The van der Waals surface area contributed by atoms with Gasteiger partial charge in [0.25, 0.3) is 5.91 Å². The first-order chi connectivity index (χ1) is 17.0. The van der Waals surface area contributed by atoms with E-state index in [0.717, 1.165) is 34.1 Å². The van der Waals surface area contributed by atoms with Gasteiger partial charge in [0, 0.05) is 29.2 Å². The zero-order valence-corrected chi connectivity index (χ0v) is 23.4. The summed E-state index contributed by atoms with van der Waals surface area (Å²) in [5, 5.41) is 2.53. The molecule has 1 N–H and O–H groups in total. The fraction of sp³-hybridized carbons (Fsp3) is 0.300. The summed E-state index contributed by atoms with van der Waals surface area (Å²) in [5.74, 6) is -0.0630. The maximum atomic E-state index is 14.0. The number of hydrogen-bond donors (Lipinski definition) is 1. The molecule has 1 heterocycles. The van der Waals surface area contributed by atoms with Gasteiger partial charge in [0.05, 0.1) is 21.1 Å². The van der Waals surface area contributed by atoms with Gasteiger partial charge < -0.3 is 9.88 Å². The Kier molecular flexibility index (Phi) is 8.04. The van der Waals surface area contributed by atoms with Crippen molar-refractivity contribution in [3.8, 4) is 0 Å². The molecule has 0 radical (unpaired) electrons. The van der Waals surface area contributed by atoms with Crippen LogP contribution in [0.25, 0.3) is 10.9 Å². The van der Waals surface area contributed by atoms with Crippen molar-refractivity contribution in [3.05, 3.63) is 104 Å². The number of fused-ring (bicyclic) bond motifs is 1. The third-order valence-electron chi connectivity index (χ3n) is 6.50. The molecule has 3 nitrogen and oxygen atoms in total. The summed E-state index contributed by atoms with van der Waals surface area (Å²) in [7, 11) is 0. The number of H-pyrrole nitrogens is 1. The summed E-state index contributed by atoms with van der Waals surface area (Å²) in [4.78, 5) is 19.3. The van der Waals surface area contributed by atoms with Crippen molar-refractivity contribution >= 4 is 51.6 Å². The molecular formula is C30H31Cl3N2O. The summed E-state index contributed by atoms with van der Waals surface area (Å²) in [6.07, 6.45) is 1.50. The average Bonchev–Trinajstić information content (AvgIpc) is 3.25. The van der Waals surface area contributed by atoms with E-state index in [1.54, 1.807) is 12.1 Å². The van der Waals surface area contributed by atoms with Crippen LogP contribution in [0.1, 0.15) is 60.4 Å². The van der Waals surface area contributed by atoms with E-state index in [1.807, 2.05) is 23.1 Å². The first kappa shape index (κ1) is 26.6. The molecule has 0 saturated carbocycles. The van der Waals surface area contributed by atoms with E-state index in [9.17, 15) is 4.79 Å². The number of rotatable bonds is 7. The van der Waals surface area contributed by atoms with Crippen molar-refractivity contribution in [1.82, 2.24) is 9.88 Å². The van der Waals surface area contributed by atoms with Crippen LogP contribution in [0.15, 0.2) is 60.7 Å². The van der Waals surface area contributed by atoms with Gasteiger partial charge in [-0.1, -0.05) is 92.8 Å². The molecule has 4 rings (SSSR count). The Hall–Kier alpha value is -2.46. The largest absolute Gasteiger partial charge is 0.358 e. The van der Waals surface area contributed by atoms with Gasteiger partial charge in [-0.3, -0.25) is 4.79 Å². The number of aryl methyl sites for hydroxylation is 1. The molecule has 3 aromatic carbocycles. The van der Waals surface area contributed by atoms with E-state index in [1.165, 1.54) is 5.56 Å². The highest BCUT2D eigenvalue weighted by Crippen LogP contribution is 2.28. The second kappa shape index (κ2) is 10.9. The van der Waals surface area contributed by atoms with Crippen molar-refractivity contribution in [2.45, 2.75) is 52.5 Å². The summed E-state index contributed by atoms with van der Waals surface area (Å²) in [6, 6.07) is 19.8. The van der Waals surface area contributed by atoms with Crippen LogP contribution in [-0.2, 0) is 24.8 Å². The molecule has 0 fully saturated rings. The van der Waals surface area contributed by atoms with Gasteiger partial charge in [-0.15, -0.1) is 0 Å². The number of nitrogens with one attached hydrogen (secondary N) is 1. The van der Waals surface area contributed by atoms with Gasteiger partial charge in [-0.25, -0.2) is 0 Å². The lowest BCUT2D eigenvalue weighted by Gasteiger charge is -2.25. The van der Waals surface area contributed by atoms with Gasteiger partial charge >= 0.3 is 0 Å². The molecule has 0 atom stereocenters. The second-order valence-corrected chi connectivity index (χ2v) is 11.5. The Morgan fingerprint density at radius 3 is 2.22 bits per heavy atom. The smallest absolute Gasteiger partial charge is 0.256 e. The SMILES string of the molecule is CCc1cc2cc(Cl)cc(C(=O)N(CCc3ccc(Cl)c(Cl)c3)Cc3ccc(C(C)(C)C)cc3)c2[nH]1. The lowest BCUT2D eigenvalue weighted by molar-refractivity contribution is 0.0747. The fourth-order valence-corrected chi connectivity index (χ4v) is 4.88. The van der Waals surface area contributed by atoms with Gasteiger partial charge in [-0.2, -0.15) is 0 Å². The fourth-order valence-electron chi connectivity index (χ4n) is 4.34. The van der Waals surface area contributed by atoms with E-state index in [-0.39, 0.29) is 11.3 Å². The van der Waals surface area contributed by atoms with Crippen LogP contribution in [0.4, 0.5) is 0 Å². The molecule has 0 unspecified atom stereocenters. The minimum Gasteiger partial charge on any atom is -0.358 e. The highest BCUT2D eigenvalue weighted by Gasteiger charge is 2.21. The van der Waals surface area contributed by atoms with E-state index in [2.05, 4.69) is 63.0 Å². The van der Waals surface area contributed by atoms with Crippen LogP contribution in [0.3, 0.4) is 0 Å². The Bertz CT molecular complexity index is 1380. The van der Waals surface area contributed by atoms with Crippen LogP contribution in [0.2, 0.25) is 15.1 Å². The Balaban J connectivity index is 1.67. The van der Waals surface area contributed by atoms with Crippen LogP contribution < -0.4 is 0 Å². The third kappa shape index (κ3) is 6.08. The molecule has 1 amide bonds. The standard InChI is InChI=1S/C30H31Cl3N2O/c1-5-24-16-21-15-23(31)17-25(28(21)34-24)29(36)35(13-12-19-8-11-26(32)27(33)14-19)18-20-6-9-22(10-7-20)30(2,3)4/h6-11,14-17,34H,5,12-13,18H2,1-4H3. The zero-order chi connectivity index (χ0) is 26.0. The van der Waals surface area contributed by atoms with Gasteiger partial charge in [0.2, 0.25) is 0 Å². The number of benzene rings is 3. The molecule has 36 heavy (non-hydrogen) atoms. The predicted molar refractivity (Wildman–Crippen MR) is 153 cm³/mol. The first-order valence-corrected chi connectivity index (χ1v) is 13.3. The highest BCUT2D eigenvalue weighted by molar-refractivity contribution is 6.42. The number of carbonyl (C=O) groups is 1. The van der Waals surface area contributed by atoms with Crippen molar-refractivity contribution in [2.24, 2.45) is 0 Å². The van der Waals surface area contributed by atoms with Crippen molar-refractivity contribution in [1.29, 1.82) is 0 Å². The lowest BCUT2D eigenvalue weighted by Crippen LogP contribution is -2.32. The summed E-state index contributed by atoms with van der Waals surface area (Å²) < 4.78 is 0. The third-order valence-corrected chi connectivity index (χ3v) is 7.45. The maximum absolute atomic E-state index is 14.0. The second-order valence-electron chi connectivity index (χ2n) is 10.2. The number of nitrogens with zero attached hydrogens (tertiary/aromatic N) is 1. The topological polar surface area (TPSA) is 36.1 Å². The molecular weight excluding hydrogens is 511 g/mol. The number of aromatic amines is 1. The summed E-state index contributed by atoms with van der Waals surface area (Å²) in [5.41, 5.74) is 5.90. The normalized spacial score (nSPS) is 11.8. The molecule has 0 aliphatic carbocycles. The molecule has 0 saturated heterocycles. The lowest BCUT2D eigenvalue weighted by atomic mass is 9.87. The van der Waals surface area contributed by atoms with Crippen molar-refractivity contribution < 1.29 is 4.79 Å². The number of aromatic nitrogens is 1. The van der Waals surface area contributed by atoms with Crippen molar-refractivity contribution in [3.63, 3.8) is 0 Å². The monoisotopic (exact) mass is 540 g/mol. The molecule has 1 aromatic heterocycles. The van der Waals surface area contributed by atoms with Crippen LogP contribution in [-0.4, -0.2) is 22.3 Å². The average molecular weight is 542 g/mol. The predicted octanol–water partition coefficient (Wildman–Crippen LogP) is 8.87. The molecule has 4 aromatic rings. The van der Waals surface area contributed by atoms with E-state index in [4.69, 9.17) is 34.8 Å². The zero-order valence-electron chi connectivity index (χ0n) is 21.1. The molecule has 6 heteroatoms. The minimum atomic E-state index is -0.0630. The van der Waals surface area contributed by atoms with E-state index >= 15 is 0 Å². The van der Waals surface area contributed by atoms with Crippen LogP contribution in [0.5, 0.6) is 0 Å². The molecule has 0 aliphatic rings. The van der Waals surface area contributed by atoms with E-state index in [0.29, 0.717) is 40.1 Å². The van der Waals surface area contributed by atoms with Crippen molar-refractivity contribution in [2.75, 3.05) is 6.54 Å². The van der Waals surface area contributed by atoms with Crippen LogP contribution in [0, 0.1) is 0 Å². The number of amides is 1. The molecule has 0 aliphatic heterocycles. The molecule has 0 bridgehead atoms. The van der Waals surface area contributed by atoms with Crippen LogP contribution >= 0.6 is 34.8 Å². The summed E-state index contributed by atoms with van der Waals surface area (Å²) >= 11 is 18.8. The maximum Gasteiger partial charge on any atom is 0.256 e. The first-order valence-electron chi connectivity index (χ1n) is 12.2. The number of hydrogen-bond acceptors (Lipinski definition) is 1. The Labute approximate surface area is 228 Å². The molecule has 188 valence electrons. The van der Waals surface area contributed by atoms with Gasteiger partial charge in [-0.05, 0) is 65.3 Å². The van der Waals surface area contributed by atoms with E-state index < -0.39 is 0 Å². The number of carbonyl (C=O) groups excluding carboxylic acids is 1. The highest BCUT2D eigenvalue weighted by atomic mass is 35.5. The minimum absolute atomic E-state index is 0.0630. The Morgan fingerprint density at radius 1 is 0.889 bits per heavy atom. The number of halogens is 3. The molecule has 0 spiro atoms. The van der Waals surface area contributed by atoms with Gasteiger partial charge in [0.1, 0.15) is 0 Å². The van der Waals surface area contributed by atoms with Gasteiger partial charge in [0.15, 0.2) is 0 Å². The Morgan fingerprint density at radius 2 is 1.58 bits per heavy atom.